The molecule has 0 bridgehead atoms. The Balaban J connectivity index is 3.62. The molecule has 0 saturated carbocycles. The molecule has 0 rings (SSSR count). The van der Waals surface area contributed by atoms with E-state index in [1.165, 1.54) is 0 Å². The number of amides is 1. The van der Waals surface area contributed by atoms with E-state index < -0.39 is 5.97 Å². The summed E-state index contributed by atoms with van der Waals surface area (Å²) in [5, 5.41) is 19.7. The van der Waals surface area contributed by atoms with Crippen molar-refractivity contribution >= 4 is 11.9 Å². The molecule has 0 aromatic rings. The van der Waals surface area contributed by atoms with Gasteiger partial charge in [-0.25, -0.2) is 0 Å². The Morgan fingerprint density at radius 3 is 2.47 bits per heavy atom. The molecule has 0 fully saturated rings. The first-order valence-corrected chi connectivity index (χ1v) is 4.92. The van der Waals surface area contributed by atoms with Gasteiger partial charge in [0.2, 0.25) is 5.91 Å². The molecule has 5 nitrogen and oxygen atoms in total. The second-order valence-corrected chi connectivity index (χ2v) is 3.15. The Morgan fingerprint density at radius 1 is 1.27 bits per heavy atom. The fourth-order valence-electron chi connectivity index (χ4n) is 0.991. The van der Waals surface area contributed by atoms with Crippen LogP contribution in [0.25, 0.3) is 0 Å². The predicted octanol–water partition coefficient (Wildman–Crippen LogP) is 1.21. The summed E-state index contributed by atoms with van der Waals surface area (Å²) in [6.45, 7) is 1.59. The van der Waals surface area contributed by atoms with Gasteiger partial charge < -0.3 is 15.5 Å². The summed E-state index contributed by atoms with van der Waals surface area (Å²) < 4.78 is 0. The smallest absolute Gasteiger partial charge is 0.322 e. The third-order valence-electron chi connectivity index (χ3n) is 1.69. The Kier molecular flexibility index (Phi) is 7.05. The van der Waals surface area contributed by atoms with Gasteiger partial charge in [0.25, 0.3) is 0 Å². The highest BCUT2D eigenvalue weighted by Crippen LogP contribution is 2.02. The Bertz CT molecular complexity index is 248. The van der Waals surface area contributed by atoms with Crippen molar-refractivity contribution in [1.82, 2.24) is 5.32 Å². The van der Waals surface area contributed by atoms with Crippen LogP contribution in [0.2, 0.25) is 0 Å². The highest BCUT2D eigenvalue weighted by molar-refractivity contribution is 5.81. The van der Waals surface area contributed by atoms with E-state index in [2.05, 4.69) is 5.32 Å². The number of carbonyl (C=O) groups is 2. The lowest BCUT2D eigenvalue weighted by Crippen LogP contribution is -2.28. The van der Waals surface area contributed by atoms with Gasteiger partial charge in [-0.05, 0) is 18.9 Å². The summed E-state index contributed by atoms with van der Waals surface area (Å²) in [6.07, 6.45) is 3.67. The molecule has 0 aliphatic rings. The molecule has 3 N–H and O–H groups in total. The summed E-state index contributed by atoms with van der Waals surface area (Å²) in [4.78, 5) is 21.1. The van der Waals surface area contributed by atoms with Gasteiger partial charge in [-0.3, -0.25) is 9.59 Å². The van der Waals surface area contributed by atoms with Gasteiger partial charge in [-0.2, -0.15) is 0 Å². The molecule has 0 radical (unpaired) electrons. The van der Waals surface area contributed by atoms with Crippen molar-refractivity contribution in [2.45, 2.75) is 32.6 Å². The van der Waals surface area contributed by atoms with E-state index >= 15 is 0 Å². The zero-order chi connectivity index (χ0) is 11.7. The number of hydrogen-bond donors (Lipinski definition) is 3. The first-order valence-electron chi connectivity index (χ1n) is 4.92. The van der Waals surface area contributed by atoms with Gasteiger partial charge in [0.1, 0.15) is 6.54 Å². The number of carboxylic acid groups (broad SMARTS) is 1. The third kappa shape index (κ3) is 8.80. The fourth-order valence-corrected chi connectivity index (χ4v) is 0.991. The largest absolute Gasteiger partial charge is 0.513 e. The minimum atomic E-state index is -1.06. The molecule has 0 aromatic carbocycles. The number of nitrogens with one attached hydrogen (secondary N) is 1. The quantitative estimate of drug-likeness (QED) is 0.557. The van der Waals surface area contributed by atoms with E-state index in [-0.39, 0.29) is 24.6 Å². The normalized spacial score (nSPS) is 11.1. The van der Waals surface area contributed by atoms with Crippen molar-refractivity contribution in [3.05, 3.63) is 11.8 Å². The third-order valence-corrected chi connectivity index (χ3v) is 1.69. The number of carboxylic acids is 1. The maximum absolute atomic E-state index is 11.0. The molecule has 0 aliphatic heterocycles. The summed E-state index contributed by atoms with van der Waals surface area (Å²) in [7, 11) is 0. The summed E-state index contributed by atoms with van der Waals surface area (Å²) in [5.41, 5.74) is 0. The van der Waals surface area contributed by atoms with Gasteiger partial charge in [0.05, 0.1) is 5.76 Å². The van der Waals surface area contributed by atoms with Crippen LogP contribution in [0.3, 0.4) is 0 Å². The molecule has 1 amide bonds. The lowest BCUT2D eigenvalue weighted by atomic mass is 10.2. The zero-order valence-corrected chi connectivity index (χ0v) is 8.82. The van der Waals surface area contributed by atoms with Crippen LogP contribution in [0.5, 0.6) is 0 Å². The molecule has 0 atom stereocenters. The van der Waals surface area contributed by atoms with Gasteiger partial charge >= 0.3 is 5.97 Å². The van der Waals surface area contributed by atoms with Gasteiger partial charge in [-0.1, -0.05) is 6.92 Å². The van der Waals surface area contributed by atoms with Crippen LogP contribution < -0.4 is 5.32 Å². The Hall–Kier alpha value is -1.52. The number of hydrogen-bond acceptors (Lipinski definition) is 3. The number of allylic oxidation sites excluding steroid dienone is 2. The van der Waals surface area contributed by atoms with Crippen LogP contribution >= 0.6 is 0 Å². The van der Waals surface area contributed by atoms with Gasteiger partial charge in [0, 0.05) is 12.8 Å². The minimum Gasteiger partial charge on any atom is -0.513 e. The first-order chi connectivity index (χ1) is 7.06. The molecule has 15 heavy (non-hydrogen) atoms. The number of aliphatic hydroxyl groups is 1. The summed E-state index contributed by atoms with van der Waals surface area (Å²) in [6, 6.07) is 0. The average Bonchev–Trinajstić information content (AvgIpc) is 2.15. The topological polar surface area (TPSA) is 86.6 Å². The highest BCUT2D eigenvalue weighted by atomic mass is 16.4. The summed E-state index contributed by atoms with van der Waals surface area (Å²) >= 11 is 0. The number of rotatable bonds is 7. The predicted molar refractivity (Wildman–Crippen MR) is 55.5 cm³/mol. The van der Waals surface area contributed by atoms with E-state index in [0.717, 1.165) is 6.42 Å². The van der Waals surface area contributed by atoms with Crippen molar-refractivity contribution in [3.8, 4) is 0 Å². The van der Waals surface area contributed by atoms with Crippen LogP contribution in [0, 0.1) is 0 Å². The Labute approximate surface area is 88.8 Å². The Morgan fingerprint density at radius 2 is 1.93 bits per heavy atom. The molecule has 0 aromatic heterocycles. The van der Waals surface area contributed by atoms with Gasteiger partial charge in [0.15, 0.2) is 0 Å². The highest BCUT2D eigenvalue weighted by Gasteiger charge is 2.02. The standard InChI is InChI=1S/C10H17NO4/c1-2-4-8(12)5-3-6-9(13)11-7-10(14)15/h5,12H,2-4,6-7H2,1H3,(H,11,13)(H,14,15)/b8-5-. The molecule has 0 spiro atoms. The van der Waals surface area contributed by atoms with Gasteiger partial charge in [-0.15, -0.1) is 0 Å². The molecular weight excluding hydrogens is 198 g/mol. The SMILES string of the molecule is CCC/C(O)=C/CCC(=O)NCC(=O)O. The van der Waals surface area contributed by atoms with Crippen LogP contribution in [0.15, 0.2) is 11.8 Å². The van der Waals surface area contributed by atoms with Crippen LogP contribution in [-0.4, -0.2) is 28.6 Å². The lowest BCUT2D eigenvalue weighted by Gasteiger charge is -2.00. The van der Waals surface area contributed by atoms with E-state index in [9.17, 15) is 14.7 Å². The van der Waals surface area contributed by atoms with Crippen molar-refractivity contribution in [3.63, 3.8) is 0 Å². The molecule has 5 heteroatoms. The molecule has 86 valence electrons. The lowest BCUT2D eigenvalue weighted by molar-refractivity contribution is -0.137. The fraction of sp³-hybridized carbons (Fsp3) is 0.600. The summed E-state index contributed by atoms with van der Waals surface area (Å²) in [5.74, 6) is -1.10. The zero-order valence-electron chi connectivity index (χ0n) is 8.82. The van der Waals surface area contributed by atoms with Crippen molar-refractivity contribution in [1.29, 1.82) is 0 Å². The minimum absolute atomic E-state index is 0.195. The first kappa shape index (κ1) is 13.5. The monoisotopic (exact) mass is 215 g/mol. The molecule has 0 heterocycles. The molecule has 0 aliphatic carbocycles. The van der Waals surface area contributed by atoms with Crippen LogP contribution in [0.4, 0.5) is 0 Å². The second-order valence-electron chi connectivity index (χ2n) is 3.15. The van der Waals surface area contributed by atoms with E-state index in [4.69, 9.17) is 5.11 Å². The van der Waals surface area contributed by atoms with E-state index in [1.807, 2.05) is 6.92 Å². The number of aliphatic carboxylic acids is 1. The molecule has 0 saturated heterocycles. The van der Waals surface area contributed by atoms with Crippen molar-refractivity contribution < 1.29 is 19.8 Å². The van der Waals surface area contributed by atoms with Crippen molar-refractivity contribution in [2.75, 3.05) is 6.54 Å². The van der Waals surface area contributed by atoms with Crippen LogP contribution in [0.1, 0.15) is 32.6 Å². The average molecular weight is 215 g/mol. The van der Waals surface area contributed by atoms with E-state index in [1.54, 1.807) is 6.08 Å². The number of carbonyl (C=O) groups excluding carboxylic acids is 1. The second kappa shape index (κ2) is 7.84. The van der Waals surface area contributed by atoms with Crippen molar-refractivity contribution in [2.24, 2.45) is 0 Å². The maximum Gasteiger partial charge on any atom is 0.322 e. The maximum atomic E-state index is 11.0. The molecular formula is C10H17NO4. The number of aliphatic hydroxyl groups excluding tert-OH is 1. The van der Waals surface area contributed by atoms with E-state index in [0.29, 0.717) is 12.8 Å². The molecule has 0 unspecified atom stereocenters. The van der Waals surface area contributed by atoms with Crippen LogP contribution in [-0.2, 0) is 9.59 Å².